The summed E-state index contributed by atoms with van der Waals surface area (Å²) in [6.45, 7) is 6.91. The van der Waals surface area contributed by atoms with Crippen molar-refractivity contribution in [1.29, 1.82) is 0 Å². The van der Waals surface area contributed by atoms with Crippen LogP contribution in [0.4, 0.5) is 0 Å². The van der Waals surface area contributed by atoms with E-state index >= 15 is 0 Å². The lowest BCUT2D eigenvalue weighted by Crippen LogP contribution is -2.37. The molecule has 8 heteroatoms. The summed E-state index contributed by atoms with van der Waals surface area (Å²) in [5, 5.41) is 0.662. The zero-order valence-electron chi connectivity index (χ0n) is 18.4. The van der Waals surface area contributed by atoms with Crippen molar-refractivity contribution in [3.8, 4) is 0 Å². The van der Waals surface area contributed by atoms with Crippen molar-refractivity contribution >= 4 is 39.4 Å². The van der Waals surface area contributed by atoms with Crippen molar-refractivity contribution in [2.45, 2.75) is 52.0 Å². The summed E-state index contributed by atoms with van der Waals surface area (Å²) < 4.78 is 8.00. The SMILES string of the molecule is CCOC(=O)c1nc(Br)n(C(C)C)c1C(CC1CCC(=O)N(C)C1)c1ccc(Cl)cc1. The zero-order chi connectivity index (χ0) is 22.7. The van der Waals surface area contributed by atoms with Gasteiger partial charge in [0.25, 0.3) is 0 Å². The van der Waals surface area contributed by atoms with E-state index in [4.69, 9.17) is 16.3 Å². The van der Waals surface area contributed by atoms with E-state index in [-0.39, 0.29) is 24.5 Å². The molecule has 2 heterocycles. The van der Waals surface area contributed by atoms with Crippen LogP contribution < -0.4 is 0 Å². The molecule has 168 valence electrons. The van der Waals surface area contributed by atoms with E-state index in [1.54, 1.807) is 11.8 Å². The molecule has 3 rings (SSSR count). The second-order valence-electron chi connectivity index (χ2n) is 8.32. The zero-order valence-corrected chi connectivity index (χ0v) is 20.7. The number of amides is 1. The Morgan fingerprint density at radius 1 is 1.32 bits per heavy atom. The summed E-state index contributed by atoms with van der Waals surface area (Å²) in [5.41, 5.74) is 2.23. The number of halogens is 2. The first-order chi connectivity index (χ1) is 14.7. The van der Waals surface area contributed by atoms with Gasteiger partial charge in [0.05, 0.1) is 12.3 Å². The van der Waals surface area contributed by atoms with Gasteiger partial charge < -0.3 is 14.2 Å². The fourth-order valence-electron chi connectivity index (χ4n) is 4.32. The first-order valence-electron chi connectivity index (χ1n) is 10.7. The van der Waals surface area contributed by atoms with Gasteiger partial charge >= 0.3 is 5.97 Å². The molecule has 0 radical (unpaired) electrons. The van der Waals surface area contributed by atoms with E-state index in [0.29, 0.717) is 34.3 Å². The van der Waals surface area contributed by atoms with Crippen molar-refractivity contribution in [3.05, 3.63) is 51.0 Å². The molecule has 2 unspecified atom stereocenters. The highest BCUT2D eigenvalue weighted by Gasteiger charge is 2.34. The van der Waals surface area contributed by atoms with Gasteiger partial charge in [-0.25, -0.2) is 9.78 Å². The van der Waals surface area contributed by atoms with Gasteiger partial charge in [-0.3, -0.25) is 4.79 Å². The summed E-state index contributed by atoms with van der Waals surface area (Å²) in [4.78, 5) is 31.2. The molecule has 1 amide bonds. The summed E-state index contributed by atoms with van der Waals surface area (Å²) in [5.74, 6) is -0.0221. The Labute approximate surface area is 197 Å². The molecule has 0 saturated carbocycles. The third kappa shape index (κ3) is 5.32. The summed E-state index contributed by atoms with van der Waals surface area (Å²) in [7, 11) is 1.85. The van der Waals surface area contributed by atoms with E-state index in [1.165, 1.54) is 0 Å². The molecular weight excluding hydrogens is 482 g/mol. The summed E-state index contributed by atoms with van der Waals surface area (Å²) in [6.07, 6.45) is 2.17. The molecular formula is C23H29BrClN3O3. The number of piperidine rings is 1. The molecule has 1 aliphatic heterocycles. The lowest BCUT2D eigenvalue weighted by atomic mass is 9.82. The number of likely N-dealkylation sites (tertiary alicyclic amines) is 1. The Morgan fingerprint density at radius 2 is 2.00 bits per heavy atom. The number of carbonyl (C=O) groups is 2. The third-order valence-electron chi connectivity index (χ3n) is 5.79. The van der Waals surface area contributed by atoms with Crippen LogP contribution >= 0.6 is 27.5 Å². The molecule has 2 aromatic rings. The van der Waals surface area contributed by atoms with E-state index in [9.17, 15) is 9.59 Å². The van der Waals surface area contributed by atoms with Crippen LogP contribution in [0.25, 0.3) is 0 Å². The summed E-state index contributed by atoms with van der Waals surface area (Å²) in [6, 6.07) is 7.84. The second kappa shape index (κ2) is 10.2. The lowest BCUT2D eigenvalue weighted by Gasteiger charge is -2.33. The van der Waals surface area contributed by atoms with Crippen LogP contribution in [0.1, 0.15) is 73.7 Å². The van der Waals surface area contributed by atoms with Crippen molar-refractivity contribution in [1.82, 2.24) is 14.5 Å². The molecule has 1 saturated heterocycles. The lowest BCUT2D eigenvalue weighted by molar-refractivity contribution is -0.133. The Balaban J connectivity index is 2.11. The summed E-state index contributed by atoms with van der Waals surface area (Å²) >= 11 is 9.71. The minimum Gasteiger partial charge on any atom is -0.461 e. The Hall–Kier alpha value is -1.86. The van der Waals surface area contributed by atoms with Gasteiger partial charge in [0.1, 0.15) is 0 Å². The van der Waals surface area contributed by atoms with Crippen molar-refractivity contribution < 1.29 is 14.3 Å². The highest BCUT2D eigenvalue weighted by molar-refractivity contribution is 9.10. The fourth-order valence-corrected chi connectivity index (χ4v) is 5.22. The van der Waals surface area contributed by atoms with Gasteiger partial charge in [-0.15, -0.1) is 0 Å². The molecule has 1 aromatic heterocycles. The number of carbonyl (C=O) groups excluding carboxylic acids is 2. The third-order valence-corrected chi connectivity index (χ3v) is 6.60. The number of ether oxygens (including phenoxy) is 1. The predicted molar refractivity (Wildman–Crippen MR) is 125 cm³/mol. The highest BCUT2D eigenvalue weighted by Crippen LogP contribution is 2.39. The Morgan fingerprint density at radius 3 is 2.58 bits per heavy atom. The minimum absolute atomic E-state index is 0.0884. The maximum atomic E-state index is 12.8. The van der Waals surface area contributed by atoms with Gasteiger partial charge in [0, 0.05) is 37.0 Å². The van der Waals surface area contributed by atoms with Crippen LogP contribution in [-0.2, 0) is 9.53 Å². The number of nitrogens with zero attached hydrogens (tertiary/aromatic N) is 3. The molecule has 1 aromatic carbocycles. The van der Waals surface area contributed by atoms with Crippen LogP contribution in [0, 0.1) is 5.92 Å². The van der Waals surface area contributed by atoms with Crippen molar-refractivity contribution in [2.75, 3.05) is 20.2 Å². The van der Waals surface area contributed by atoms with Gasteiger partial charge in [-0.05, 0) is 73.2 Å². The Kier molecular flexibility index (Phi) is 7.81. The van der Waals surface area contributed by atoms with Gasteiger partial charge in [0.2, 0.25) is 5.91 Å². The molecule has 2 atom stereocenters. The topological polar surface area (TPSA) is 64.4 Å². The second-order valence-corrected chi connectivity index (χ2v) is 9.46. The molecule has 0 N–H and O–H groups in total. The number of hydrogen-bond donors (Lipinski definition) is 0. The number of rotatable bonds is 7. The number of esters is 1. The van der Waals surface area contributed by atoms with Gasteiger partial charge in [0.15, 0.2) is 10.4 Å². The van der Waals surface area contributed by atoms with Gasteiger partial charge in [-0.1, -0.05) is 23.7 Å². The Bertz CT molecular complexity index is 942. The standard InChI is InChI=1S/C23H29BrClN3O3/c1-5-31-22(30)20-21(28(14(2)3)23(24)26-20)18(16-7-9-17(25)10-8-16)12-15-6-11-19(29)27(4)13-15/h7-10,14-15,18H,5-6,11-13H2,1-4H3. The first kappa shape index (κ1) is 23.8. The van der Waals surface area contributed by atoms with Crippen LogP contribution in [-0.4, -0.2) is 46.5 Å². The van der Waals surface area contributed by atoms with E-state index in [2.05, 4.69) is 39.3 Å². The molecule has 0 aliphatic carbocycles. The first-order valence-corrected chi connectivity index (χ1v) is 11.8. The minimum atomic E-state index is -0.424. The normalized spacial score (nSPS) is 17.8. The van der Waals surface area contributed by atoms with Crippen LogP contribution in [0.2, 0.25) is 5.02 Å². The maximum absolute atomic E-state index is 12.8. The molecule has 1 aliphatic rings. The monoisotopic (exact) mass is 509 g/mol. The number of benzene rings is 1. The van der Waals surface area contributed by atoms with Crippen LogP contribution in [0.5, 0.6) is 0 Å². The fraction of sp³-hybridized carbons (Fsp3) is 0.522. The smallest absolute Gasteiger partial charge is 0.358 e. The molecule has 0 bridgehead atoms. The highest BCUT2D eigenvalue weighted by atomic mass is 79.9. The molecule has 1 fully saturated rings. The average molecular weight is 511 g/mol. The number of aromatic nitrogens is 2. The number of imidazole rings is 1. The molecule has 6 nitrogen and oxygen atoms in total. The van der Waals surface area contributed by atoms with Crippen molar-refractivity contribution in [3.63, 3.8) is 0 Å². The molecule has 0 spiro atoms. The van der Waals surface area contributed by atoms with E-state index < -0.39 is 5.97 Å². The largest absolute Gasteiger partial charge is 0.461 e. The van der Waals surface area contributed by atoms with Gasteiger partial charge in [-0.2, -0.15) is 0 Å². The number of hydrogen-bond acceptors (Lipinski definition) is 4. The molecule has 31 heavy (non-hydrogen) atoms. The average Bonchev–Trinajstić information content (AvgIpc) is 3.07. The van der Waals surface area contributed by atoms with Crippen LogP contribution in [0.3, 0.4) is 0 Å². The predicted octanol–water partition coefficient (Wildman–Crippen LogP) is 5.45. The van der Waals surface area contributed by atoms with E-state index in [0.717, 1.165) is 24.1 Å². The maximum Gasteiger partial charge on any atom is 0.358 e. The van der Waals surface area contributed by atoms with Crippen molar-refractivity contribution in [2.24, 2.45) is 5.92 Å². The van der Waals surface area contributed by atoms with E-state index in [1.807, 2.05) is 31.3 Å². The quantitative estimate of drug-likeness (QED) is 0.465. The van der Waals surface area contributed by atoms with Crippen LogP contribution in [0.15, 0.2) is 29.0 Å².